The van der Waals surface area contributed by atoms with Gasteiger partial charge in [0, 0.05) is 30.7 Å². The maximum Gasteiger partial charge on any atom is 0.333 e. The number of nitrogens with two attached hydrogens (primary N) is 1. The normalized spacial score (nSPS) is 22.2. The third kappa shape index (κ3) is 4.57. The molecule has 0 aliphatic carbocycles. The average molecular weight is 418 g/mol. The van der Waals surface area contributed by atoms with Gasteiger partial charge in [0.05, 0.1) is 18.2 Å². The Kier molecular flexibility index (Phi) is 5.52. The summed E-state index contributed by atoms with van der Waals surface area (Å²) in [5.74, 6) is 0.748. The Balaban J connectivity index is 1.50. The van der Waals surface area contributed by atoms with Gasteiger partial charge in [-0.2, -0.15) is 8.42 Å². The topological polar surface area (TPSA) is 129 Å². The molecule has 9 nitrogen and oxygen atoms in total. The van der Waals surface area contributed by atoms with Gasteiger partial charge < -0.3 is 19.7 Å². The predicted molar refractivity (Wildman–Crippen MR) is 107 cm³/mol. The molecule has 0 saturated carbocycles. The van der Waals surface area contributed by atoms with E-state index < -0.39 is 28.7 Å². The van der Waals surface area contributed by atoms with Crippen molar-refractivity contribution < 1.29 is 22.4 Å². The summed E-state index contributed by atoms with van der Waals surface area (Å²) in [6.07, 6.45) is 1.77. The van der Waals surface area contributed by atoms with Gasteiger partial charge in [-0.15, -0.1) is 0 Å². The SMILES string of the molecule is NS(=O)(=O)OC[C@H]1O[C@@H](n2ccc3c(NCc4ccccc4)nccc32)C[C@@H]1O. The van der Waals surface area contributed by atoms with E-state index in [2.05, 4.69) is 14.5 Å². The van der Waals surface area contributed by atoms with Crippen molar-refractivity contribution in [3.63, 3.8) is 0 Å². The van der Waals surface area contributed by atoms with E-state index in [-0.39, 0.29) is 6.61 Å². The highest BCUT2D eigenvalue weighted by atomic mass is 32.2. The molecule has 29 heavy (non-hydrogen) atoms. The van der Waals surface area contributed by atoms with Gasteiger partial charge in [0.15, 0.2) is 0 Å². The molecular weight excluding hydrogens is 396 g/mol. The molecule has 1 aromatic carbocycles. The molecule has 1 saturated heterocycles. The summed E-state index contributed by atoms with van der Waals surface area (Å²) in [5, 5.41) is 19.3. The van der Waals surface area contributed by atoms with E-state index in [1.807, 2.05) is 53.2 Å². The molecule has 0 bridgehead atoms. The minimum Gasteiger partial charge on any atom is -0.390 e. The first-order chi connectivity index (χ1) is 13.9. The fraction of sp³-hybridized carbons (Fsp3) is 0.316. The van der Waals surface area contributed by atoms with Crippen LogP contribution in [-0.4, -0.2) is 41.9 Å². The summed E-state index contributed by atoms with van der Waals surface area (Å²) in [6.45, 7) is 0.310. The zero-order valence-corrected chi connectivity index (χ0v) is 16.3. The average Bonchev–Trinajstić information content (AvgIpc) is 3.28. The summed E-state index contributed by atoms with van der Waals surface area (Å²) < 4.78 is 34.2. The van der Waals surface area contributed by atoms with Gasteiger partial charge in [-0.05, 0) is 17.7 Å². The predicted octanol–water partition coefficient (Wildman–Crippen LogP) is 1.52. The second-order valence-corrected chi connectivity index (χ2v) is 8.09. The minimum atomic E-state index is -4.09. The van der Waals surface area contributed by atoms with Crippen LogP contribution in [-0.2, 0) is 25.8 Å². The number of rotatable bonds is 7. The van der Waals surface area contributed by atoms with Crippen molar-refractivity contribution in [2.45, 2.75) is 31.4 Å². The molecule has 4 N–H and O–H groups in total. The number of ether oxygens (including phenoxy) is 1. The quantitative estimate of drug-likeness (QED) is 0.530. The third-order valence-corrected chi connectivity index (χ3v) is 5.33. The van der Waals surface area contributed by atoms with E-state index in [0.29, 0.717) is 13.0 Å². The second-order valence-electron chi connectivity index (χ2n) is 6.86. The fourth-order valence-corrected chi connectivity index (χ4v) is 3.78. The van der Waals surface area contributed by atoms with Gasteiger partial charge in [-0.3, -0.25) is 4.18 Å². The zero-order valence-electron chi connectivity index (χ0n) is 15.5. The number of nitrogens with zero attached hydrogens (tertiary/aromatic N) is 2. The third-order valence-electron chi connectivity index (χ3n) is 4.86. The lowest BCUT2D eigenvalue weighted by Crippen LogP contribution is -2.30. The molecule has 1 aliphatic heterocycles. The van der Waals surface area contributed by atoms with Gasteiger partial charge in [0.25, 0.3) is 0 Å². The molecule has 4 rings (SSSR count). The van der Waals surface area contributed by atoms with Crippen molar-refractivity contribution in [2.24, 2.45) is 5.14 Å². The number of anilines is 1. The van der Waals surface area contributed by atoms with Crippen molar-refractivity contribution in [3.05, 3.63) is 60.4 Å². The van der Waals surface area contributed by atoms with Crippen molar-refractivity contribution in [1.29, 1.82) is 0 Å². The minimum absolute atomic E-state index is 0.303. The van der Waals surface area contributed by atoms with E-state index in [1.54, 1.807) is 6.20 Å². The van der Waals surface area contributed by atoms with Crippen LogP contribution in [0.25, 0.3) is 10.9 Å². The van der Waals surface area contributed by atoms with Crippen LogP contribution >= 0.6 is 0 Å². The number of hydrogen-bond acceptors (Lipinski definition) is 7. The Bertz CT molecular complexity index is 1090. The van der Waals surface area contributed by atoms with Gasteiger partial charge in [0.2, 0.25) is 0 Å². The Morgan fingerprint density at radius 1 is 1.28 bits per heavy atom. The maximum atomic E-state index is 11.0. The number of aliphatic hydroxyl groups excluding tert-OH is 1. The Morgan fingerprint density at radius 3 is 2.83 bits per heavy atom. The highest BCUT2D eigenvalue weighted by Gasteiger charge is 2.36. The Labute approximate surface area is 168 Å². The number of hydrogen-bond donors (Lipinski definition) is 3. The number of nitrogens with one attached hydrogen (secondary N) is 1. The van der Waals surface area contributed by atoms with Crippen molar-refractivity contribution in [1.82, 2.24) is 9.55 Å². The molecular formula is C19H22N4O5S. The lowest BCUT2D eigenvalue weighted by molar-refractivity contribution is -0.0367. The van der Waals surface area contributed by atoms with Gasteiger partial charge >= 0.3 is 10.3 Å². The van der Waals surface area contributed by atoms with Crippen molar-refractivity contribution in [3.8, 4) is 0 Å². The van der Waals surface area contributed by atoms with Crippen LogP contribution < -0.4 is 10.5 Å². The Hall–Kier alpha value is -2.50. The number of benzene rings is 1. The largest absolute Gasteiger partial charge is 0.390 e. The number of fused-ring (bicyclic) bond motifs is 1. The van der Waals surface area contributed by atoms with E-state index in [9.17, 15) is 13.5 Å². The zero-order chi connectivity index (χ0) is 20.4. The van der Waals surface area contributed by atoms with Crippen molar-refractivity contribution in [2.75, 3.05) is 11.9 Å². The monoisotopic (exact) mass is 418 g/mol. The molecule has 0 unspecified atom stereocenters. The van der Waals surface area contributed by atoms with Gasteiger partial charge in [-0.25, -0.2) is 10.1 Å². The van der Waals surface area contributed by atoms with Crippen LogP contribution in [0.4, 0.5) is 5.82 Å². The van der Waals surface area contributed by atoms with Crippen LogP contribution in [0.5, 0.6) is 0 Å². The van der Waals surface area contributed by atoms with Crippen LogP contribution in [0.2, 0.25) is 0 Å². The van der Waals surface area contributed by atoms with E-state index in [0.717, 1.165) is 22.3 Å². The first-order valence-electron chi connectivity index (χ1n) is 9.15. The highest BCUT2D eigenvalue weighted by molar-refractivity contribution is 7.84. The summed E-state index contributed by atoms with van der Waals surface area (Å²) in [6, 6.07) is 13.8. The lowest BCUT2D eigenvalue weighted by atomic mass is 10.2. The molecule has 3 heterocycles. The van der Waals surface area contributed by atoms with Crippen LogP contribution in [0, 0.1) is 0 Å². The van der Waals surface area contributed by atoms with Gasteiger partial charge in [-0.1, -0.05) is 30.3 Å². The molecule has 10 heteroatoms. The Morgan fingerprint density at radius 2 is 2.07 bits per heavy atom. The summed E-state index contributed by atoms with van der Waals surface area (Å²) in [5.41, 5.74) is 2.03. The van der Waals surface area contributed by atoms with Crippen LogP contribution in [0.1, 0.15) is 18.2 Å². The molecule has 1 aliphatic rings. The molecule has 1 fully saturated rings. The lowest BCUT2D eigenvalue weighted by Gasteiger charge is -2.16. The van der Waals surface area contributed by atoms with Crippen LogP contribution in [0.15, 0.2) is 54.9 Å². The summed E-state index contributed by atoms with van der Waals surface area (Å²) in [4.78, 5) is 4.43. The molecule has 0 amide bonds. The standard InChI is InChI=1S/C19H22N4O5S/c20-29(25,26)27-12-17-16(24)10-18(28-17)23-9-7-14-15(23)6-8-21-19(14)22-11-13-4-2-1-3-5-13/h1-9,16-18,24H,10-12H2,(H,21,22)(H2,20,25,26)/t16-,17+,18+/m0/s1. The van der Waals surface area contributed by atoms with E-state index >= 15 is 0 Å². The summed E-state index contributed by atoms with van der Waals surface area (Å²) >= 11 is 0. The molecule has 3 aromatic rings. The first kappa shape index (κ1) is 19.8. The second kappa shape index (κ2) is 8.09. The number of pyridine rings is 1. The van der Waals surface area contributed by atoms with E-state index in [1.165, 1.54) is 0 Å². The number of aliphatic hydroxyl groups is 1. The van der Waals surface area contributed by atoms with Crippen LogP contribution in [0.3, 0.4) is 0 Å². The smallest absolute Gasteiger partial charge is 0.333 e. The first-order valence-corrected chi connectivity index (χ1v) is 10.6. The molecule has 0 spiro atoms. The fourth-order valence-electron chi connectivity index (χ4n) is 3.46. The molecule has 154 valence electrons. The molecule has 0 radical (unpaired) electrons. The summed E-state index contributed by atoms with van der Waals surface area (Å²) in [7, 11) is -4.09. The molecule has 2 aromatic heterocycles. The maximum absolute atomic E-state index is 11.0. The molecule has 3 atom stereocenters. The number of aromatic nitrogens is 2. The highest BCUT2D eigenvalue weighted by Crippen LogP contribution is 2.33. The van der Waals surface area contributed by atoms with E-state index in [4.69, 9.17) is 9.88 Å². The van der Waals surface area contributed by atoms with Gasteiger partial charge in [0.1, 0.15) is 18.1 Å². The van der Waals surface area contributed by atoms with Crippen molar-refractivity contribution >= 4 is 27.0 Å².